The van der Waals surface area contributed by atoms with Crippen LogP contribution in [0, 0.1) is 10.1 Å². The van der Waals surface area contributed by atoms with Crippen LogP contribution >= 0.6 is 0 Å². The Labute approximate surface area is 87.6 Å². The zero-order valence-electron chi connectivity index (χ0n) is 8.59. The van der Waals surface area contributed by atoms with Crippen LogP contribution in [0.2, 0.25) is 0 Å². The summed E-state index contributed by atoms with van der Waals surface area (Å²) in [7, 11) is 0. The van der Waals surface area contributed by atoms with Crippen molar-refractivity contribution in [1.29, 1.82) is 0 Å². The molecule has 1 fully saturated rings. The number of allylic oxidation sites excluding steroid dienone is 1. The summed E-state index contributed by atoms with van der Waals surface area (Å²) in [4.78, 5) is 14.4. The number of rotatable bonds is 4. The molecule has 0 amide bonds. The number of hydrogen-bond acceptors (Lipinski definition) is 3. The van der Waals surface area contributed by atoms with E-state index in [1.807, 2.05) is 4.57 Å². The minimum atomic E-state index is -0.329. The van der Waals surface area contributed by atoms with Crippen LogP contribution in [0.25, 0.3) is 6.08 Å². The fourth-order valence-electron chi connectivity index (χ4n) is 1.54. The third-order valence-corrected chi connectivity index (χ3v) is 2.55. The average Bonchev–Trinajstić information content (AvgIpc) is 2.95. The molecule has 1 aliphatic carbocycles. The number of imidazole rings is 1. The maximum Gasteiger partial charge on any atom is 0.248 e. The number of nitrogens with zero attached hydrogens (tertiary/aromatic N) is 3. The molecule has 5 heteroatoms. The van der Waals surface area contributed by atoms with E-state index in [0.29, 0.717) is 12.5 Å². The van der Waals surface area contributed by atoms with Crippen molar-refractivity contribution in [3.63, 3.8) is 0 Å². The Hall–Kier alpha value is -1.65. The van der Waals surface area contributed by atoms with E-state index in [0.717, 1.165) is 18.5 Å². The number of hydrogen-bond donors (Lipinski definition) is 0. The molecule has 0 bridgehead atoms. The molecule has 80 valence electrons. The van der Waals surface area contributed by atoms with Gasteiger partial charge in [0.25, 0.3) is 0 Å². The topological polar surface area (TPSA) is 61.0 Å². The number of nitro groups is 1. The molecule has 2 rings (SSSR count). The lowest BCUT2D eigenvalue weighted by Crippen LogP contribution is -1.99. The summed E-state index contributed by atoms with van der Waals surface area (Å²) in [6.45, 7) is 1.78. The summed E-state index contributed by atoms with van der Waals surface area (Å²) in [6.07, 6.45) is 7.77. The molecule has 0 aliphatic heterocycles. The van der Waals surface area contributed by atoms with Crippen LogP contribution in [0.3, 0.4) is 0 Å². The Morgan fingerprint density at radius 2 is 2.53 bits per heavy atom. The van der Waals surface area contributed by atoms with Gasteiger partial charge >= 0.3 is 0 Å². The van der Waals surface area contributed by atoms with Gasteiger partial charge in [-0.2, -0.15) is 0 Å². The summed E-state index contributed by atoms with van der Waals surface area (Å²) >= 11 is 0. The molecule has 0 radical (unpaired) electrons. The minimum absolute atomic E-state index is 0.234. The second kappa shape index (κ2) is 3.84. The van der Waals surface area contributed by atoms with Gasteiger partial charge in [0.05, 0.1) is 23.1 Å². The highest BCUT2D eigenvalue weighted by atomic mass is 16.6. The van der Waals surface area contributed by atoms with Crippen molar-refractivity contribution in [2.45, 2.75) is 32.2 Å². The molecule has 1 heterocycles. The molecule has 5 nitrogen and oxygen atoms in total. The van der Waals surface area contributed by atoms with Gasteiger partial charge in [-0.3, -0.25) is 10.1 Å². The van der Waals surface area contributed by atoms with Crippen molar-refractivity contribution in [3.05, 3.63) is 34.0 Å². The first-order valence-corrected chi connectivity index (χ1v) is 5.09. The third kappa shape index (κ3) is 2.06. The van der Waals surface area contributed by atoms with E-state index in [9.17, 15) is 10.1 Å². The first-order valence-electron chi connectivity index (χ1n) is 5.09. The average molecular weight is 207 g/mol. The van der Waals surface area contributed by atoms with Gasteiger partial charge in [0.15, 0.2) is 0 Å². The van der Waals surface area contributed by atoms with E-state index in [-0.39, 0.29) is 10.6 Å². The highest BCUT2D eigenvalue weighted by Gasteiger charge is 2.25. The summed E-state index contributed by atoms with van der Waals surface area (Å²) < 4.78 is 2.01. The Bertz CT molecular complexity index is 405. The maximum absolute atomic E-state index is 10.7. The third-order valence-electron chi connectivity index (χ3n) is 2.55. The quantitative estimate of drug-likeness (QED) is 0.562. The molecule has 0 saturated heterocycles. The van der Waals surface area contributed by atoms with E-state index < -0.39 is 0 Å². The van der Waals surface area contributed by atoms with Gasteiger partial charge in [0.2, 0.25) is 5.70 Å². The second-order valence-corrected chi connectivity index (χ2v) is 3.70. The van der Waals surface area contributed by atoms with Gasteiger partial charge in [0, 0.05) is 18.5 Å². The lowest BCUT2D eigenvalue weighted by atomic mass is 10.3. The van der Waals surface area contributed by atoms with Crippen LogP contribution in [-0.2, 0) is 0 Å². The molecular formula is C10H13N3O2. The Kier molecular flexibility index (Phi) is 2.53. The Morgan fingerprint density at radius 3 is 3.07 bits per heavy atom. The van der Waals surface area contributed by atoms with E-state index in [1.165, 1.54) is 0 Å². The van der Waals surface area contributed by atoms with Crippen LogP contribution in [0.1, 0.15) is 37.9 Å². The zero-order chi connectivity index (χ0) is 10.8. The monoisotopic (exact) mass is 207 g/mol. The molecule has 0 spiro atoms. The zero-order valence-corrected chi connectivity index (χ0v) is 8.59. The molecule has 0 N–H and O–H groups in total. The van der Waals surface area contributed by atoms with Crippen LogP contribution in [-0.4, -0.2) is 14.5 Å². The van der Waals surface area contributed by atoms with Crippen molar-refractivity contribution in [2.24, 2.45) is 0 Å². The first-order chi connectivity index (χ1) is 7.22. The summed E-state index contributed by atoms with van der Waals surface area (Å²) in [5, 5.41) is 10.7. The molecule has 0 aromatic carbocycles. The maximum atomic E-state index is 10.7. The van der Waals surface area contributed by atoms with E-state index >= 15 is 0 Å². The summed E-state index contributed by atoms with van der Waals surface area (Å²) in [5.41, 5.74) is 1.07. The number of aromatic nitrogens is 2. The fourth-order valence-corrected chi connectivity index (χ4v) is 1.54. The molecule has 1 aromatic rings. The second-order valence-electron chi connectivity index (χ2n) is 3.70. The molecule has 1 saturated carbocycles. The van der Waals surface area contributed by atoms with Crippen LogP contribution in [0.5, 0.6) is 0 Å². The van der Waals surface area contributed by atoms with Crippen LogP contribution < -0.4 is 0 Å². The predicted octanol–water partition coefficient (Wildman–Crippen LogP) is 2.25. The Morgan fingerprint density at radius 1 is 1.80 bits per heavy atom. The molecular weight excluding hydrogens is 194 g/mol. The smallest absolute Gasteiger partial charge is 0.248 e. The Balaban J connectivity index is 2.28. The van der Waals surface area contributed by atoms with Crippen molar-refractivity contribution in [2.75, 3.05) is 0 Å². The van der Waals surface area contributed by atoms with Gasteiger partial charge in [-0.15, -0.1) is 0 Å². The highest BCUT2D eigenvalue weighted by Crippen LogP contribution is 2.36. The van der Waals surface area contributed by atoms with Crippen molar-refractivity contribution < 1.29 is 4.92 Å². The predicted molar refractivity (Wildman–Crippen MR) is 55.8 cm³/mol. The molecule has 1 aliphatic rings. The molecule has 1 aromatic heterocycles. The SMILES string of the molecule is CCC(=Cc1cncn1C1CC1)[N+](=O)[O-]. The molecule has 15 heavy (non-hydrogen) atoms. The summed E-state index contributed by atoms with van der Waals surface area (Å²) in [5.74, 6) is 0. The normalized spacial score (nSPS) is 16.7. The first kappa shape index (κ1) is 9.89. The molecule has 0 atom stereocenters. The van der Waals surface area contributed by atoms with Gasteiger partial charge < -0.3 is 4.57 Å². The largest absolute Gasteiger partial charge is 0.328 e. The van der Waals surface area contributed by atoms with Crippen molar-refractivity contribution in [1.82, 2.24) is 9.55 Å². The van der Waals surface area contributed by atoms with Gasteiger partial charge in [-0.05, 0) is 12.8 Å². The van der Waals surface area contributed by atoms with Crippen LogP contribution in [0.15, 0.2) is 18.2 Å². The van der Waals surface area contributed by atoms with Crippen molar-refractivity contribution >= 4 is 6.08 Å². The molecule has 0 unspecified atom stereocenters. The van der Waals surface area contributed by atoms with E-state index in [1.54, 1.807) is 25.5 Å². The minimum Gasteiger partial charge on any atom is -0.328 e. The van der Waals surface area contributed by atoms with Crippen molar-refractivity contribution in [3.8, 4) is 0 Å². The summed E-state index contributed by atoms with van der Waals surface area (Å²) in [6, 6.07) is 0.503. The lowest BCUT2D eigenvalue weighted by Gasteiger charge is -2.01. The fraction of sp³-hybridized carbons (Fsp3) is 0.500. The lowest BCUT2D eigenvalue weighted by molar-refractivity contribution is -0.425. The van der Waals surface area contributed by atoms with Gasteiger partial charge in [0.1, 0.15) is 0 Å². The highest BCUT2D eigenvalue weighted by molar-refractivity contribution is 5.46. The van der Waals surface area contributed by atoms with Gasteiger partial charge in [-0.25, -0.2) is 4.98 Å². The van der Waals surface area contributed by atoms with Crippen LogP contribution in [0.4, 0.5) is 0 Å². The van der Waals surface area contributed by atoms with Gasteiger partial charge in [-0.1, -0.05) is 6.92 Å². The standard InChI is InChI=1S/C10H13N3O2/c1-2-8(13(14)15)5-10-6-11-7-12(10)9-3-4-9/h5-7,9H,2-4H2,1H3. The van der Waals surface area contributed by atoms with E-state index in [2.05, 4.69) is 4.98 Å². The van der Waals surface area contributed by atoms with E-state index in [4.69, 9.17) is 0 Å².